The second-order valence-electron chi connectivity index (χ2n) is 7.00. The van der Waals surface area contributed by atoms with E-state index in [1.807, 2.05) is 52.0 Å². The molecule has 1 fully saturated rings. The van der Waals surface area contributed by atoms with E-state index < -0.39 is 0 Å². The third-order valence-electron chi connectivity index (χ3n) is 4.77. The lowest BCUT2D eigenvalue weighted by Crippen LogP contribution is -2.28. The van der Waals surface area contributed by atoms with Crippen molar-refractivity contribution in [2.45, 2.75) is 34.1 Å². The number of amides is 2. The van der Waals surface area contributed by atoms with Crippen LogP contribution in [0.15, 0.2) is 36.4 Å². The molecule has 1 aliphatic rings. The molecule has 0 aromatic heterocycles. The molecule has 2 amide bonds. The van der Waals surface area contributed by atoms with Gasteiger partial charge in [0.15, 0.2) is 0 Å². The number of benzene rings is 2. The van der Waals surface area contributed by atoms with Gasteiger partial charge in [-0.2, -0.15) is 0 Å². The molecule has 0 spiro atoms. The van der Waals surface area contributed by atoms with E-state index in [2.05, 4.69) is 17.4 Å². The molecule has 4 heteroatoms. The first kappa shape index (κ1) is 17.2. The van der Waals surface area contributed by atoms with Gasteiger partial charge in [0.25, 0.3) is 0 Å². The molecule has 25 heavy (non-hydrogen) atoms. The molecular weight excluding hydrogens is 312 g/mol. The van der Waals surface area contributed by atoms with Crippen LogP contribution in [0.1, 0.15) is 28.7 Å². The van der Waals surface area contributed by atoms with Crippen LogP contribution in [0.2, 0.25) is 0 Å². The molecular formula is C21H24N2O2. The second-order valence-corrected chi connectivity index (χ2v) is 7.00. The zero-order chi connectivity index (χ0) is 18.1. The number of rotatable bonds is 3. The van der Waals surface area contributed by atoms with Gasteiger partial charge in [0.1, 0.15) is 0 Å². The Labute approximate surface area is 148 Å². The lowest BCUT2D eigenvalue weighted by atomic mass is 10.0. The molecule has 0 bridgehead atoms. The fraction of sp³-hybridized carbons (Fsp3) is 0.333. The summed E-state index contributed by atoms with van der Waals surface area (Å²) in [6.07, 6.45) is 0.254. The number of aryl methyl sites for hydroxylation is 4. The number of anilines is 2. The Kier molecular flexibility index (Phi) is 4.62. The number of hydrogen-bond acceptors (Lipinski definition) is 2. The molecule has 4 nitrogen and oxygen atoms in total. The van der Waals surface area contributed by atoms with E-state index in [4.69, 9.17) is 0 Å². The average molecular weight is 336 g/mol. The first-order chi connectivity index (χ1) is 11.8. The zero-order valence-corrected chi connectivity index (χ0v) is 15.2. The van der Waals surface area contributed by atoms with Crippen LogP contribution in [0.3, 0.4) is 0 Å². The first-order valence-corrected chi connectivity index (χ1v) is 8.61. The van der Waals surface area contributed by atoms with E-state index in [-0.39, 0.29) is 24.2 Å². The minimum atomic E-state index is -0.325. The summed E-state index contributed by atoms with van der Waals surface area (Å²) < 4.78 is 0. The molecule has 1 saturated heterocycles. The van der Waals surface area contributed by atoms with Gasteiger partial charge in [-0.05, 0) is 51.0 Å². The van der Waals surface area contributed by atoms with Crippen LogP contribution in [0.25, 0.3) is 0 Å². The molecule has 2 aromatic carbocycles. The lowest BCUT2D eigenvalue weighted by molar-refractivity contribution is -0.122. The van der Waals surface area contributed by atoms with Crippen LogP contribution in [-0.2, 0) is 9.59 Å². The van der Waals surface area contributed by atoms with Crippen molar-refractivity contribution in [3.8, 4) is 0 Å². The van der Waals surface area contributed by atoms with E-state index in [1.165, 1.54) is 5.56 Å². The second kappa shape index (κ2) is 6.71. The Bertz CT molecular complexity index is 801. The summed E-state index contributed by atoms with van der Waals surface area (Å²) in [5.41, 5.74) is 6.13. The number of nitrogens with one attached hydrogen (secondary N) is 1. The summed E-state index contributed by atoms with van der Waals surface area (Å²) in [5.74, 6) is -0.409. The number of hydrogen-bond donors (Lipinski definition) is 1. The summed E-state index contributed by atoms with van der Waals surface area (Å²) in [6, 6.07) is 11.9. The average Bonchev–Trinajstić information content (AvgIpc) is 2.93. The Morgan fingerprint density at radius 3 is 2.20 bits per heavy atom. The topological polar surface area (TPSA) is 49.4 Å². The Hall–Kier alpha value is -2.62. The smallest absolute Gasteiger partial charge is 0.229 e. The molecule has 0 unspecified atom stereocenters. The molecule has 1 heterocycles. The third-order valence-corrected chi connectivity index (χ3v) is 4.77. The molecule has 0 saturated carbocycles. The fourth-order valence-electron chi connectivity index (χ4n) is 3.46. The molecule has 130 valence electrons. The van der Waals surface area contributed by atoms with Crippen molar-refractivity contribution >= 4 is 23.2 Å². The normalized spacial score (nSPS) is 17.0. The minimum absolute atomic E-state index is 0.00125. The zero-order valence-electron chi connectivity index (χ0n) is 15.2. The highest BCUT2D eigenvalue weighted by Crippen LogP contribution is 2.28. The highest BCUT2D eigenvalue weighted by molar-refractivity contribution is 6.04. The molecule has 0 aliphatic carbocycles. The van der Waals surface area contributed by atoms with Crippen molar-refractivity contribution in [1.82, 2.24) is 0 Å². The van der Waals surface area contributed by atoms with Crippen molar-refractivity contribution < 1.29 is 9.59 Å². The van der Waals surface area contributed by atoms with Crippen LogP contribution in [0, 0.1) is 33.6 Å². The van der Waals surface area contributed by atoms with E-state index in [0.29, 0.717) is 6.54 Å². The molecule has 1 aliphatic heterocycles. The van der Waals surface area contributed by atoms with Crippen molar-refractivity contribution in [3.63, 3.8) is 0 Å². The third kappa shape index (κ3) is 3.58. The van der Waals surface area contributed by atoms with Gasteiger partial charge in [-0.1, -0.05) is 35.4 Å². The van der Waals surface area contributed by atoms with E-state index in [1.54, 1.807) is 4.90 Å². The largest absolute Gasteiger partial charge is 0.325 e. The summed E-state index contributed by atoms with van der Waals surface area (Å²) in [5, 5.41) is 3.03. The van der Waals surface area contributed by atoms with Crippen LogP contribution in [-0.4, -0.2) is 18.4 Å². The van der Waals surface area contributed by atoms with Gasteiger partial charge in [-0.25, -0.2) is 0 Å². The number of carbonyl (C=O) groups excluding carboxylic acids is 2. The maximum atomic E-state index is 12.7. The van der Waals surface area contributed by atoms with Crippen LogP contribution in [0.4, 0.5) is 11.4 Å². The maximum Gasteiger partial charge on any atom is 0.229 e. The SMILES string of the molecule is Cc1ccc(N2C[C@@H](C(=O)Nc3c(C)cc(C)cc3C)CC2=O)cc1. The number of carbonyl (C=O) groups is 2. The van der Waals surface area contributed by atoms with Crippen molar-refractivity contribution in [2.24, 2.45) is 5.92 Å². The predicted octanol–water partition coefficient (Wildman–Crippen LogP) is 3.91. The van der Waals surface area contributed by atoms with E-state index in [9.17, 15) is 9.59 Å². The van der Waals surface area contributed by atoms with Crippen molar-refractivity contribution in [2.75, 3.05) is 16.8 Å². The Morgan fingerprint density at radius 2 is 1.60 bits per heavy atom. The summed E-state index contributed by atoms with van der Waals surface area (Å²) in [6.45, 7) is 8.47. The Morgan fingerprint density at radius 1 is 1.00 bits per heavy atom. The molecule has 3 rings (SSSR count). The van der Waals surface area contributed by atoms with Crippen molar-refractivity contribution in [3.05, 3.63) is 58.7 Å². The molecule has 0 radical (unpaired) electrons. The van der Waals surface area contributed by atoms with E-state index in [0.717, 1.165) is 28.1 Å². The van der Waals surface area contributed by atoms with Gasteiger partial charge in [0.05, 0.1) is 5.92 Å². The highest BCUT2D eigenvalue weighted by Gasteiger charge is 2.35. The highest BCUT2D eigenvalue weighted by atomic mass is 16.2. The van der Waals surface area contributed by atoms with Gasteiger partial charge >= 0.3 is 0 Å². The number of nitrogens with zero attached hydrogens (tertiary/aromatic N) is 1. The van der Waals surface area contributed by atoms with Crippen LogP contribution < -0.4 is 10.2 Å². The fourth-order valence-corrected chi connectivity index (χ4v) is 3.46. The van der Waals surface area contributed by atoms with Gasteiger partial charge in [-0.15, -0.1) is 0 Å². The quantitative estimate of drug-likeness (QED) is 0.924. The van der Waals surface area contributed by atoms with Crippen LogP contribution in [0.5, 0.6) is 0 Å². The van der Waals surface area contributed by atoms with Gasteiger partial charge < -0.3 is 10.2 Å². The maximum absolute atomic E-state index is 12.7. The molecule has 1 N–H and O–H groups in total. The summed E-state index contributed by atoms with van der Waals surface area (Å²) >= 11 is 0. The Balaban J connectivity index is 1.74. The van der Waals surface area contributed by atoms with Crippen molar-refractivity contribution in [1.29, 1.82) is 0 Å². The predicted molar refractivity (Wildman–Crippen MR) is 101 cm³/mol. The van der Waals surface area contributed by atoms with Crippen LogP contribution >= 0.6 is 0 Å². The van der Waals surface area contributed by atoms with Gasteiger partial charge in [0, 0.05) is 24.3 Å². The minimum Gasteiger partial charge on any atom is -0.325 e. The van der Waals surface area contributed by atoms with E-state index >= 15 is 0 Å². The monoisotopic (exact) mass is 336 g/mol. The lowest BCUT2D eigenvalue weighted by Gasteiger charge is -2.18. The standard InChI is InChI=1S/C21H24N2O2/c1-13-5-7-18(8-6-13)23-12-17(11-19(23)24)21(25)22-20-15(3)9-14(2)10-16(20)4/h5-10,17H,11-12H2,1-4H3,(H,22,25)/t17-/m0/s1. The summed E-state index contributed by atoms with van der Waals surface area (Å²) in [4.78, 5) is 26.7. The first-order valence-electron chi connectivity index (χ1n) is 8.61. The van der Waals surface area contributed by atoms with Gasteiger partial charge in [0.2, 0.25) is 11.8 Å². The molecule has 1 atom stereocenters. The van der Waals surface area contributed by atoms with Gasteiger partial charge in [-0.3, -0.25) is 9.59 Å². The molecule has 2 aromatic rings. The summed E-state index contributed by atoms with van der Waals surface area (Å²) in [7, 11) is 0.